The number of aromatic nitrogens is 2. The molecule has 0 amide bonds. The number of hydrogen-bond donors (Lipinski definition) is 1. The van der Waals surface area contributed by atoms with Crippen LogP contribution in [0.5, 0.6) is 0 Å². The summed E-state index contributed by atoms with van der Waals surface area (Å²) in [5.41, 5.74) is 2.42. The highest BCUT2D eigenvalue weighted by Gasteiger charge is 2.23. The van der Waals surface area contributed by atoms with E-state index in [4.69, 9.17) is 12.2 Å². The number of hydrogen-bond acceptors (Lipinski definition) is 2. The molecule has 2 nitrogen and oxygen atoms in total. The lowest BCUT2D eigenvalue weighted by Crippen LogP contribution is -2.16. The maximum atomic E-state index is 5.49. The summed E-state index contributed by atoms with van der Waals surface area (Å²) >= 11 is 5.49. The molecule has 106 valence electrons. The summed E-state index contributed by atoms with van der Waals surface area (Å²) in [4.78, 5) is 8.21. The Morgan fingerprint density at radius 1 is 1.26 bits per heavy atom. The summed E-state index contributed by atoms with van der Waals surface area (Å²) in [6.45, 7) is 8.80. The van der Waals surface area contributed by atoms with Crippen molar-refractivity contribution in [3.63, 3.8) is 0 Å². The lowest BCUT2D eigenvalue weighted by molar-refractivity contribution is 0.311. The van der Waals surface area contributed by atoms with Crippen LogP contribution in [0.4, 0.5) is 0 Å². The summed E-state index contributed by atoms with van der Waals surface area (Å²) in [6.07, 6.45) is 6.53. The van der Waals surface area contributed by atoms with Crippen LogP contribution in [0.25, 0.3) is 0 Å². The fraction of sp³-hybridized carbons (Fsp3) is 0.750. The summed E-state index contributed by atoms with van der Waals surface area (Å²) in [5, 5.41) is 0. The zero-order valence-corrected chi connectivity index (χ0v) is 13.4. The predicted molar refractivity (Wildman–Crippen MR) is 83.2 cm³/mol. The first-order valence-corrected chi connectivity index (χ1v) is 8.04. The minimum atomic E-state index is 0.445. The molecule has 0 radical (unpaired) electrons. The van der Waals surface area contributed by atoms with Gasteiger partial charge in [-0.25, -0.2) is 4.98 Å². The Balaban J connectivity index is 2.21. The molecule has 1 aromatic rings. The van der Waals surface area contributed by atoms with Gasteiger partial charge in [0.1, 0.15) is 10.5 Å². The molecule has 0 bridgehead atoms. The molecule has 1 saturated carbocycles. The van der Waals surface area contributed by atoms with Crippen molar-refractivity contribution < 1.29 is 0 Å². The lowest BCUT2D eigenvalue weighted by Gasteiger charge is -2.27. The van der Waals surface area contributed by atoms with Crippen molar-refractivity contribution in [1.29, 1.82) is 0 Å². The van der Waals surface area contributed by atoms with E-state index < -0.39 is 0 Å². The van der Waals surface area contributed by atoms with E-state index in [0.29, 0.717) is 11.8 Å². The lowest BCUT2D eigenvalue weighted by atomic mass is 9.80. The molecule has 0 aliphatic heterocycles. The number of aromatic amines is 1. The second-order valence-electron chi connectivity index (χ2n) is 6.25. The molecule has 0 aromatic carbocycles. The van der Waals surface area contributed by atoms with Crippen LogP contribution in [0.1, 0.15) is 81.8 Å². The Morgan fingerprint density at radius 2 is 1.89 bits per heavy atom. The van der Waals surface area contributed by atoms with Crippen LogP contribution in [0.15, 0.2) is 0 Å². The molecule has 2 rings (SSSR count). The number of H-pyrrole nitrogens is 1. The van der Waals surface area contributed by atoms with Crippen LogP contribution in [-0.4, -0.2) is 9.97 Å². The minimum absolute atomic E-state index is 0.445. The molecule has 1 fully saturated rings. The van der Waals surface area contributed by atoms with E-state index in [9.17, 15) is 0 Å². The molecule has 19 heavy (non-hydrogen) atoms. The predicted octanol–water partition coefficient (Wildman–Crippen LogP) is 5.25. The van der Waals surface area contributed by atoms with Gasteiger partial charge in [-0.3, -0.25) is 0 Å². The topological polar surface area (TPSA) is 28.7 Å². The maximum absolute atomic E-state index is 5.49. The summed E-state index contributed by atoms with van der Waals surface area (Å²) in [5.74, 6) is 3.09. The highest BCUT2D eigenvalue weighted by atomic mass is 32.1. The van der Waals surface area contributed by atoms with Gasteiger partial charge in [-0.2, -0.15) is 0 Å². The Bertz CT molecular complexity index is 482. The van der Waals surface area contributed by atoms with Gasteiger partial charge in [0.05, 0.1) is 0 Å². The molecule has 0 unspecified atom stereocenters. The minimum Gasteiger partial charge on any atom is -0.347 e. The van der Waals surface area contributed by atoms with Crippen molar-refractivity contribution in [2.45, 2.75) is 71.6 Å². The number of rotatable bonds is 3. The third-order valence-electron chi connectivity index (χ3n) is 4.56. The van der Waals surface area contributed by atoms with Gasteiger partial charge in [-0.05, 0) is 44.4 Å². The first-order chi connectivity index (χ1) is 9.02. The quantitative estimate of drug-likeness (QED) is 0.764. The van der Waals surface area contributed by atoms with E-state index in [1.807, 2.05) is 0 Å². The van der Waals surface area contributed by atoms with Gasteiger partial charge in [0, 0.05) is 17.2 Å². The second kappa shape index (κ2) is 6.17. The highest BCUT2D eigenvalue weighted by molar-refractivity contribution is 7.71. The van der Waals surface area contributed by atoms with Crippen molar-refractivity contribution in [3.05, 3.63) is 21.7 Å². The zero-order valence-electron chi connectivity index (χ0n) is 12.6. The standard InChI is InChI=1S/C16H26N2S/c1-5-12-6-8-13(9-7-12)15-17-11(4)14(10(2)3)16(19)18-15/h10,12-13H,5-9H2,1-4H3,(H,17,18,19). The normalized spacial score (nSPS) is 23.8. The molecule has 1 aromatic heterocycles. The van der Waals surface area contributed by atoms with Crippen molar-refractivity contribution in [1.82, 2.24) is 9.97 Å². The summed E-state index contributed by atoms with van der Waals surface area (Å²) in [6, 6.07) is 0. The number of aryl methyl sites for hydroxylation is 1. The van der Waals surface area contributed by atoms with Crippen molar-refractivity contribution in [2.75, 3.05) is 0 Å². The molecule has 1 N–H and O–H groups in total. The zero-order chi connectivity index (χ0) is 14.0. The Labute approximate surface area is 122 Å². The largest absolute Gasteiger partial charge is 0.347 e. The number of nitrogens with zero attached hydrogens (tertiary/aromatic N) is 1. The average Bonchev–Trinajstić information content (AvgIpc) is 2.37. The highest BCUT2D eigenvalue weighted by Crippen LogP contribution is 2.36. The summed E-state index contributed by atoms with van der Waals surface area (Å²) in [7, 11) is 0. The third-order valence-corrected chi connectivity index (χ3v) is 4.87. The molecule has 1 aliphatic rings. The first kappa shape index (κ1) is 14.7. The molecule has 3 heteroatoms. The first-order valence-electron chi connectivity index (χ1n) is 7.63. The Hall–Kier alpha value is -0.700. The van der Waals surface area contributed by atoms with Crippen LogP contribution in [0.2, 0.25) is 0 Å². The second-order valence-corrected chi connectivity index (χ2v) is 6.63. The van der Waals surface area contributed by atoms with Gasteiger partial charge < -0.3 is 4.98 Å². The molecule has 1 heterocycles. The van der Waals surface area contributed by atoms with E-state index in [0.717, 1.165) is 16.4 Å². The Morgan fingerprint density at radius 3 is 2.37 bits per heavy atom. The number of nitrogens with one attached hydrogen (secondary N) is 1. The smallest absolute Gasteiger partial charge is 0.133 e. The van der Waals surface area contributed by atoms with Crippen LogP contribution in [-0.2, 0) is 0 Å². The third kappa shape index (κ3) is 3.25. The molecule has 1 aliphatic carbocycles. The molecular formula is C16H26N2S. The molecule has 0 atom stereocenters. The van der Waals surface area contributed by atoms with Crippen LogP contribution in [0.3, 0.4) is 0 Å². The molecule has 0 spiro atoms. The van der Waals surface area contributed by atoms with E-state index >= 15 is 0 Å². The van der Waals surface area contributed by atoms with Crippen LogP contribution >= 0.6 is 12.2 Å². The van der Waals surface area contributed by atoms with Crippen LogP contribution in [0, 0.1) is 17.5 Å². The van der Waals surface area contributed by atoms with Gasteiger partial charge in [0.25, 0.3) is 0 Å². The molecule has 0 saturated heterocycles. The maximum Gasteiger partial charge on any atom is 0.133 e. The molecular weight excluding hydrogens is 252 g/mol. The van der Waals surface area contributed by atoms with E-state index in [-0.39, 0.29) is 0 Å². The van der Waals surface area contributed by atoms with Crippen molar-refractivity contribution in [3.8, 4) is 0 Å². The van der Waals surface area contributed by atoms with Crippen LogP contribution < -0.4 is 0 Å². The van der Waals surface area contributed by atoms with E-state index in [1.165, 1.54) is 43.4 Å². The monoisotopic (exact) mass is 278 g/mol. The van der Waals surface area contributed by atoms with Crippen molar-refractivity contribution >= 4 is 12.2 Å². The van der Waals surface area contributed by atoms with Gasteiger partial charge in [-0.15, -0.1) is 0 Å². The van der Waals surface area contributed by atoms with E-state index in [1.54, 1.807) is 0 Å². The Kier molecular flexibility index (Phi) is 4.77. The van der Waals surface area contributed by atoms with Crippen molar-refractivity contribution in [2.24, 2.45) is 5.92 Å². The van der Waals surface area contributed by atoms with Gasteiger partial charge in [-0.1, -0.05) is 39.4 Å². The van der Waals surface area contributed by atoms with E-state index in [2.05, 4.69) is 37.7 Å². The average molecular weight is 278 g/mol. The summed E-state index contributed by atoms with van der Waals surface area (Å²) < 4.78 is 0.805. The SMILES string of the molecule is CCC1CCC(c2nc(=S)c(C(C)C)c(C)[nH]2)CC1. The fourth-order valence-corrected chi connectivity index (χ4v) is 3.82. The fourth-order valence-electron chi connectivity index (χ4n) is 3.33. The van der Waals surface area contributed by atoms with Gasteiger partial charge in [0.2, 0.25) is 0 Å². The van der Waals surface area contributed by atoms with Gasteiger partial charge >= 0.3 is 0 Å². The van der Waals surface area contributed by atoms with Gasteiger partial charge in [0.15, 0.2) is 0 Å².